The van der Waals surface area contributed by atoms with Crippen LogP contribution >= 0.6 is 0 Å². The second kappa shape index (κ2) is 10.2. The topological polar surface area (TPSA) is 84.3 Å². The lowest BCUT2D eigenvalue weighted by molar-refractivity contribution is -0.132. The standard InChI is InChI=1S/C27H23N3O3/c1-33-22-14-12-20(13-15-22)17-24(27(31)32)30-26-23(16-19-8-4-2-5-9-19)29-25(18-28-26)21-10-6-3-7-11-21/h2-15,17-18H,16H2,1H3,(H,28,30)(H,31,32)/b24-17-. The number of hydrogen-bond donors (Lipinski definition) is 2. The molecule has 1 aromatic heterocycles. The van der Waals surface area contributed by atoms with Crippen LogP contribution in [-0.4, -0.2) is 28.2 Å². The summed E-state index contributed by atoms with van der Waals surface area (Å²) in [5.74, 6) is 0.00982. The number of nitrogens with zero attached hydrogens (tertiary/aromatic N) is 2. The van der Waals surface area contributed by atoms with E-state index in [0.29, 0.717) is 23.7 Å². The van der Waals surface area contributed by atoms with Crippen molar-refractivity contribution in [1.29, 1.82) is 0 Å². The third-order valence-corrected chi connectivity index (χ3v) is 5.04. The molecule has 0 aliphatic carbocycles. The molecule has 0 radical (unpaired) electrons. The number of methoxy groups -OCH3 is 1. The highest BCUT2D eigenvalue weighted by Gasteiger charge is 2.15. The monoisotopic (exact) mass is 437 g/mol. The number of aliphatic carboxylic acids is 1. The third-order valence-electron chi connectivity index (χ3n) is 5.04. The van der Waals surface area contributed by atoms with Gasteiger partial charge >= 0.3 is 5.97 Å². The van der Waals surface area contributed by atoms with Gasteiger partial charge in [-0.3, -0.25) is 0 Å². The first-order valence-electron chi connectivity index (χ1n) is 10.4. The van der Waals surface area contributed by atoms with Crippen LogP contribution < -0.4 is 10.1 Å². The van der Waals surface area contributed by atoms with Crippen LogP contribution in [0.1, 0.15) is 16.8 Å². The van der Waals surface area contributed by atoms with Crippen molar-refractivity contribution in [2.24, 2.45) is 0 Å². The summed E-state index contributed by atoms with van der Waals surface area (Å²) in [6, 6.07) is 26.8. The molecule has 0 amide bonds. The van der Waals surface area contributed by atoms with Crippen LogP contribution in [0, 0.1) is 0 Å². The molecule has 0 saturated carbocycles. The van der Waals surface area contributed by atoms with Crippen LogP contribution in [0.15, 0.2) is 96.8 Å². The smallest absolute Gasteiger partial charge is 0.352 e. The SMILES string of the molecule is COc1ccc(/C=C(\Nc2ncc(-c3ccccc3)nc2Cc2ccccc2)C(=O)O)cc1. The molecule has 1 heterocycles. The number of carbonyl (C=O) groups is 1. The Morgan fingerprint density at radius 2 is 1.64 bits per heavy atom. The average Bonchev–Trinajstić information content (AvgIpc) is 2.86. The Hall–Kier alpha value is -4.45. The van der Waals surface area contributed by atoms with Gasteiger partial charge in [0.2, 0.25) is 0 Å². The summed E-state index contributed by atoms with van der Waals surface area (Å²) in [4.78, 5) is 21.3. The van der Waals surface area contributed by atoms with Crippen LogP contribution in [0.5, 0.6) is 5.75 Å². The van der Waals surface area contributed by atoms with Crippen molar-refractivity contribution >= 4 is 17.9 Å². The van der Waals surface area contributed by atoms with Crippen molar-refractivity contribution in [3.8, 4) is 17.0 Å². The number of aromatic nitrogens is 2. The van der Waals surface area contributed by atoms with Gasteiger partial charge in [-0.05, 0) is 29.3 Å². The molecule has 6 nitrogen and oxygen atoms in total. The minimum Gasteiger partial charge on any atom is -0.497 e. The van der Waals surface area contributed by atoms with Crippen molar-refractivity contribution in [3.05, 3.63) is 114 Å². The fourth-order valence-corrected chi connectivity index (χ4v) is 3.34. The highest BCUT2D eigenvalue weighted by atomic mass is 16.5. The summed E-state index contributed by atoms with van der Waals surface area (Å²) in [5.41, 5.74) is 4.09. The summed E-state index contributed by atoms with van der Waals surface area (Å²) in [5, 5.41) is 12.8. The van der Waals surface area contributed by atoms with Gasteiger partial charge in [-0.15, -0.1) is 0 Å². The maximum Gasteiger partial charge on any atom is 0.352 e. The molecule has 0 unspecified atom stereocenters. The molecule has 0 bridgehead atoms. The molecule has 4 aromatic rings. The van der Waals surface area contributed by atoms with E-state index in [9.17, 15) is 9.90 Å². The molecule has 0 aliphatic rings. The predicted molar refractivity (Wildman–Crippen MR) is 129 cm³/mol. The number of ether oxygens (including phenoxy) is 1. The highest BCUT2D eigenvalue weighted by molar-refractivity contribution is 5.95. The molecule has 0 atom stereocenters. The van der Waals surface area contributed by atoms with E-state index in [4.69, 9.17) is 9.72 Å². The van der Waals surface area contributed by atoms with E-state index >= 15 is 0 Å². The van der Waals surface area contributed by atoms with Crippen molar-refractivity contribution in [1.82, 2.24) is 9.97 Å². The van der Waals surface area contributed by atoms with E-state index in [2.05, 4.69) is 10.3 Å². The zero-order valence-corrected chi connectivity index (χ0v) is 18.1. The molecule has 4 rings (SSSR count). The van der Waals surface area contributed by atoms with Gasteiger partial charge in [0.05, 0.1) is 24.7 Å². The van der Waals surface area contributed by atoms with E-state index < -0.39 is 5.97 Å². The molecule has 2 N–H and O–H groups in total. The van der Waals surface area contributed by atoms with Gasteiger partial charge in [-0.1, -0.05) is 72.8 Å². The molecular weight excluding hydrogens is 414 g/mol. The summed E-state index contributed by atoms with van der Waals surface area (Å²) in [6.45, 7) is 0. The van der Waals surface area contributed by atoms with Crippen LogP contribution in [0.4, 0.5) is 5.82 Å². The van der Waals surface area contributed by atoms with Crippen LogP contribution in [-0.2, 0) is 11.2 Å². The second-order valence-corrected chi connectivity index (χ2v) is 7.34. The fourth-order valence-electron chi connectivity index (χ4n) is 3.34. The van der Waals surface area contributed by atoms with Crippen molar-refractivity contribution < 1.29 is 14.6 Å². The van der Waals surface area contributed by atoms with Crippen LogP contribution in [0.3, 0.4) is 0 Å². The lowest BCUT2D eigenvalue weighted by atomic mass is 10.1. The Labute approximate surface area is 192 Å². The van der Waals surface area contributed by atoms with Crippen molar-refractivity contribution in [2.45, 2.75) is 6.42 Å². The Kier molecular flexibility index (Phi) is 6.75. The van der Waals surface area contributed by atoms with E-state index in [1.807, 2.05) is 60.7 Å². The Bertz CT molecular complexity index is 1260. The van der Waals surface area contributed by atoms with E-state index in [1.54, 1.807) is 43.6 Å². The maximum absolute atomic E-state index is 12.0. The second-order valence-electron chi connectivity index (χ2n) is 7.34. The molecular formula is C27H23N3O3. The molecule has 164 valence electrons. The van der Waals surface area contributed by atoms with E-state index in [-0.39, 0.29) is 5.70 Å². The van der Waals surface area contributed by atoms with Crippen LogP contribution in [0.25, 0.3) is 17.3 Å². The normalized spacial score (nSPS) is 11.1. The number of nitrogens with one attached hydrogen (secondary N) is 1. The lowest BCUT2D eigenvalue weighted by Gasteiger charge is -2.13. The van der Waals surface area contributed by atoms with Crippen LogP contribution in [0.2, 0.25) is 0 Å². The Morgan fingerprint density at radius 3 is 2.27 bits per heavy atom. The zero-order valence-electron chi connectivity index (χ0n) is 18.1. The first kappa shape index (κ1) is 21.8. The average molecular weight is 437 g/mol. The summed E-state index contributed by atoms with van der Waals surface area (Å²) in [6.07, 6.45) is 3.71. The Morgan fingerprint density at radius 1 is 0.970 bits per heavy atom. The largest absolute Gasteiger partial charge is 0.497 e. The zero-order chi connectivity index (χ0) is 23.0. The van der Waals surface area contributed by atoms with Gasteiger partial charge in [-0.25, -0.2) is 14.8 Å². The van der Waals surface area contributed by atoms with Gasteiger partial charge in [0.25, 0.3) is 0 Å². The van der Waals surface area contributed by atoms with Gasteiger partial charge in [0.1, 0.15) is 11.4 Å². The first-order chi connectivity index (χ1) is 16.1. The predicted octanol–water partition coefficient (Wildman–Crippen LogP) is 5.28. The first-order valence-corrected chi connectivity index (χ1v) is 10.4. The molecule has 0 aliphatic heterocycles. The number of anilines is 1. The van der Waals surface area contributed by atoms with Gasteiger partial charge in [0.15, 0.2) is 5.82 Å². The maximum atomic E-state index is 12.0. The van der Waals surface area contributed by atoms with Crippen molar-refractivity contribution in [2.75, 3.05) is 12.4 Å². The molecule has 6 heteroatoms. The van der Waals surface area contributed by atoms with E-state index in [0.717, 1.165) is 22.4 Å². The molecule has 0 spiro atoms. The number of rotatable bonds is 8. The quantitative estimate of drug-likeness (QED) is 0.365. The lowest BCUT2D eigenvalue weighted by Crippen LogP contribution is -2.14. The summed E-state index contributed by atoms with van der Waals surface area (Å²) in [7, 11) is 1.58. The number of benzene rings is 3. The molecule has 3 aromatic carbocycles. The number of hydrogen-bond acceptors (Lipinski definition) is 5. The molecule has 0 fully saturated rings. The van der Waals surface area contributed by atoms with Gasteiger partial charge < -0.3 is 15.2 Å². The molecule has 0 saturated heterocycles. The number of carboxylic acids is 1. The minimum absolute atomic E-state index is 0.00348. The minimum atomic E-state index is -1.09. The molecule has 33 heavy (non-hydrogen) atoms. The third kappa shape index (κ3) is 5.62. The van der Waals surface area contributed by atoms with Gasteiger partial charge in [-0.2, -0.15) is 0 Å². The fraction of sp³-hybridized carbons (Fsp3) is 0.0741. The number of carboxylic acid groups (broad SMARTS) is 1. The Balaban J connectivity index is 1.70. The van der Waals surface area contributed by atoms with E-state index in [1.165, 1.54) is 0 Å². The van der Waals surface area contributed by atoms with Crippen molar-refractivity contribution in [3.63, 3.8) is 0 Å². The summed E-state index contributed by atoms with van der Waals surface area (Å²) < 4.78 is 5.17. The van der Waals surface area contributed by atoms with Gasteiger partial charge in [0, 0.05) is 12.0 Å². The highest BCUT2D eigenvalue weighted by Crippen LogP contribution is 2.23. The summed E-state index contributed by atoms with van der Waals surface area (Å²) >= 11 is 0.